The maximum absolute atomic E-state index is 11.8. The highest BCUT2D eigenvalue weighted by molar-refractivity contribution is 7.89. The molecule has 0 atom stereocenters. The molecule has 0 spiro atoms. The summed E-state index contributed by atoms with van der Waals surface area (Å²) in [7, 11) is -3.13. The number of piperazine rings is 1. The summed E-state index contributed by atoms with van der Waals surface area (Å²) in [6, 6.07) is 4.67. The first-order valence-electron chi connectivity index (χ1n) is 6.96. The van der Waals surface area contributed by atoms with Gasteiger partial charge in [0.05, 0.1) is 10.7 Å². The van der Waals surface area contributed by atoms with E-state index < -0.39 is 14.9 Å². The summed E-state index contributed by atoms with van der Waals surface area (Å²) in [5.41, 5.74) is 0.770. The van der Waals surface area contributed by atoms with E-state index in [1.54, 1.807) is 19.1 Å². The molecule has 0 N–H and O–H groups in total. The van der Waals surface area contributed by atoms with E-state index in [-0.39, 0.29) is 16.5 Å². The lowest BCUT2D eigenvalue weighted by Crippen LogP contribution is -2.48. The minimum Gasteiger partial charge on any atom is -0.296 e. The summed E-state index contributed by atoms with van der Waals surface area (Å²) in [5.74, 6) is 0.116. The van der Waals surface area contributed by atoms with Crippen molar-refractivity contribution in [2.75, 3.05) is 31.9 Å². The van der Waals surface area contributed by atoms with E-state index in [4.69, 9.17) is 11.6 Å². The summed E-state index contributed by atoms with van der Waals surface area (Å²) in [5, 5.41) is 10.9. The smallest absolute Gasteiger partial charge is 0.287 e. The Bertz CT molecular complexity index is 657. The van der Waals surface area contributed by atoms with Crippen molar-refractivity contribution in [3.8, 4) is 0 Å². The molecule has 0 saturated carbocycles. The molecule has 1 aliphatic rings. The van der Waals surface area contributed by atoms with Gasteiger partial charge in [-0.2, -0.15) is 4.31 Å². The highest BCUT2D eigenvalue weighted by Crippen LogP contribution is 2.25. The van der Waals surface area contributed by atoms with Gasteiger partial charge < -0.3 is 0 Å². The van der Waals surface area contributed by atoms with Crippen molar-refractivity contribution in [1.29, 1.82) is 0 Å². The van der Waals surface area contributed by atoms with Gasteiger partial charge in [0.15, 0.2) is 0 Å². The van der Waals surface area contributed by atoms with Crippen LogP contribution in [0.3, 0.4) is 0 Å². The van der Waals surface area contributed by atoms with E-state index in [9.17, 15) is 18.5 Å². The lowest BCUT2D eigenvalue weighted by atomic mass is 10.2. The fourth-order valence-corrected chi connectivity index (χ4v) is 3.76. The van der Waals surface area contributed by atoms with Gasteiger partial charge in [0.2, 0.25) is 10.0 Å². The zero-order valence-electron chi connectivity index (χ0n) is 12.2. The first-order chi connectivity index (χ1) is 10.3. The van der Waals surface area contributed by atoms with E-state index >= 15 is 0 Å². The summed E-state index contributed by atoms with van der Waals surface area (Å²) < 4.78 is 25.1. The van der Waals surface area contributed by atoms with Crippen LogP contribution in [0.5, 0.6) is 0 Å². The maximum atomic E-state index is 11.8. The molecule has 0 unspecified atom stereocenters. The molecule has 1 aromatic carbocycles. The molecule has 0 aromatic heterocycles. The van der Waals surface area contributed by atoms with E-state index in [2.05, 4.69) is 4.90 Å². The standard InChI is InChI=1S/C13H18ClN3O4S/c1-2-22(20,21)16-7-5-15(6-8-16)10-11-3-4-13(17(18)19)12(14)9-11/h3-4,9H,2,5-8,10H2,1H3. The predicted molar refractivity (Wildman–Crippen MR) is 84.4 cm³/mol. The van der Waals surface area contributed by atoms with Gasteiger partial charge in [0.25, 0.3) is 5.69 Å². The van der Waals surface area contributed by atoms with Crippen molar-refractivity contribution in [2.45, 2.75) is 13.5 Å². The van der Waals surface area contributed by atoms with Crippen LogP contribution >= 0.6 is 11.6 Å². The van der Waals surface area contributed by atoms with Gasteiger partial charge in [-0.1, -0.05) is 17.7 Å². The fraction of sp³-hybridized carbons (Fsp3) is 0.538. The van der Waals surface area contributed by atoms with Crippen molar-refractivity contribution in [3.05, 3.63) is 38.9 Å². The van der Waals surface area contributed by atoms with E-state index in [0.717, 1.165) is 5.56 Å². The van der Waals surface area contributed by atoms with Crippen LogP contribution in [0.4, 0.5) is 5.69 Å². The number of nitro benzene ring substituents is 1. The number of hydrogen-bond acceptors (Lipinski definition) is 5. The van der Waals surface area contributed by atoms with E-state index in [1.807, 2.05) is 0 Å². The predicted octanol–water partition coefficient (Wildman–Crippen LogP) is 1.72. The third-order valence-electron chi connectivity index (χ3n) is 3.70. The molecule has 2 rings (SSSR count). The Balaban J connectivity index is 1.97. The Morgan fingerprint density at radius 2 is 1.91 bits per heavy atom. The van der Waals surface area contributed by atoms with Gasteiger partial charge in [0.1, 0.15) is 5.02 Å². The molecule has 9 heteroatoms. The van der Waals surface area contributed by atoms with Gasteiger partial charge in [-0.05, 0) is 18.6 Å². The summed E-state index contributed by atoms with van der Waals surface area (Å²) in [6.07, 6.45) is 0. The van der Waals surface area contributed by atoms with Crippen LogP contribution in [0.25, 0.3) is 0 Å². The molecule has 1 fully saturated rings. The van der Waals surface area contributed by atoms with Crippen LogP contribution < -0.4 is 0 Å². The molecule has 0 bridgehead atoms. The van der Waals surface area contributed by atoms with Crippen LogP contribution in [0, 0.1) is 10.1 Å². The molecular weight excluding hydrogens is 330 g/mol. The van der Waals surface area contributed by atoms with Crippen molar-refractivity contribution < 1.29 is 13.3 Å². The summed E-state index contributed by atoms with van der Waals surface area (Å²) in [6.45, 7) is 4.44. The minimum atomic E-state index is -3.13. The summed E-state index contributed by atoms with van der Waals surface area (Å²) in [4.78, 5) is 12.3. The van der Waals surface area contributed by atoms with Gasteiger partial charge >= 0.3 is 0 Å². The first kappa shape index (κ1) is 17.1. The molecule has 1 aromatic rings. The molecular formula is C13H18ClN3O4S. The Kier molecular flexibility index (Phi) is 5.38. The molecule has 22 heavy (non-hydrogen) atoms. The second kappa shape index (κ2) is 6.91. The lowest BCUT2D eigenvalue weighted by molar-refractivity contribution is -0.384. The molecule has 1 heterocycles. The summed E-state index contributed by atoms with van der Waals surface area (Å²) >= 11 is 5.90. The van der Waals surface area contributed by atoms with E-state index in [0.29, 0.717) is 32.7 Å². The Hall–Kier alpha value is -1.22. The van der Waals surface area contributed by atoms with Gasteiger partial charge in [-0.3, -0.25) is 15.0 Å². The highest BCUT2D eigenvalue weighted by Gasteiger charge is 2.25. The Morgan fingerprint density at radius 3 is 2.41 bits per heavy atom. The topological polar surface area (TPSA) is 83.8 Å². The van der Waals surface area contributed by atoms with Gasteiger partial charge in [0, 0.05) is 38.8 Å². The van der Waals surface area contributed by atoms with E-state index in [1.165, 1.54) is 10.4 Å². The number of nitrogens with zero attached hydrogens (tertiary/aromatic N) is 3. The molecule has 1 saturated heterocycles. The highest BCUT2D eigenvalue weighted by atomic mass is 35.5. The number of hydrogen-bond donors (Lipinski definition) is 0. The lowest BCUT2D eigenvalue weighted by Gasteiger charge is -2.33. The Morgan fingerprint density at radius 1 is 1.27 bits per heavy atom. The van der Waals surface area contributed by atoms with Crippen LogP contribution in [-0.4, -0.2) is 54.5 Å². The van der Waals surface area contributed by atoms with Crippen LogP contribution in [-0.2, 0) is 16.6 Å². The second-order valence-electron chi connectivity index (χ2n) is 5.12. The van der Waals surface area contributed by atoms with Crippen LogP contribution in [0.2, 0.25) is 5.02 Å². The SMILES string of the molecule is CCS(=O)(=O)N1CCN(Cc2ccc([N+](=O)[O-])c(Cl)c2)CC1. The zero-order valence-corrected chi connectivity index (χ0v) is 13.8. The van der Waals surface area contributed by atoms with Gasteiger partial charge in [-0.15, -0.1) is 0 Å². The van der Waals surface area contributed by atoms with Crippen LogP contribution in [0.15, 0.2) is 18.2 Å². The average Bonchev–Trinajstić information content (AvgIpc) is 2.47. The van der Waals surface area contributed by atoms with Crippen molar-refractivity contribution >= 4 is 27.3 Å². The number of benzene rings is 1. The van der Waals surface area contributed by atoms with Crippen LogP contribution in [0.1, 0.15) is 12.5 Å². The third kappa shape index (κ3) is 3.95. The molecule has 0 amide bonds. The van der Waals surface area contributed by atoms with Crippen molar-refractivity contribution in [3.63, 3.8) is 0 Å². The monoisotopic (exact) mass is 347 g/mol. The average molecular weight is 348 g/mol. The third-order valence-corrected chi connectivity index (χ3v) is 5.89. The Labute approximate surface area is 134 Å². The van der Waals surface area contributed by atoms with Gasteiger partial charge in [-0.25, -0.2) is 8.42 Å². The number of nitro groups is 1. The first-order valence-corrected chi connectivity index (χ1v) is 8.95. The number of halogens is 1. The largest absolute Gasteiger partial charge is 0.296 e. The molecule has 1 aliphatic heterocycles. The maximum Gasteiger partial charge on any atom is 0.287 e. The quantitative estimate of drug-likeness (QED) is 0.598. The zero-order chi connectivity index (χ0) is 16.3. The minimum absolute atomic E-state index is 0.107. The second-order valence-corrected chi connectivity index (χ2v) is 7.78. The molecule has 7 nitrogen and oxygen atoms in total. The fourth-order valence-electron chi connectivity index (χ4n) is 2.40. The number of sulfonamides is 1. The molecule has 0 radical (unpaired) electrons. The molecule has 122 valence electrons. The van der Waals surface area contributed by atoms with Crippen molar-refractivity contribution in [1.82, 2.24) is 9.21 Å². The van der Waals surface area contributed by atoms with Crippen molar-refractivity contribution in [2.24, 2.45) is 0 Å². The normalized spacial score (nSPS) is 17.5. The molecule has 0 aliphatic carbocycles. The number of rotatable bonds is 5.